The summed E-state index contributed by atoms with van der Waals surface area (Å²) in [6.07, 6.45) is 3.03. The highest BCUT2D eigenvalue weighted by Gasteiger charge is 2.16. The second-order valence-corrected chi connectivity index (χ2v) is 4.44. The molecule has 1 aromatic carbocycles. The van der Waals surface area contributed by atoms with Crippen LogP contribution in [0.2, 0.25) is 0 Å². The van der Waals surface area contributed by atoms with Gasteiger partial charge in [-0.2, -0.15) is 0 Å². The van der Waals surface area contributed by atoms with Crippen LogP contribution in [0, 0.1) is 0 Å². The molecular formula is C15H17N3O2. The number of rotatable bonds is 4. The van der Waals surface area contributed by atoms with Gasteiger partial charge in [-0.15, -0.1) is 0 Å². The van der Waals surface area contributed by atoms with Crippen molar-refractivity contribution in [2.24, 2.45) is 0 Å². The van der Waals surface area contributed by atoms with E-state index in [0.717, 1.165) is 11.3 Å². The lowest BCUT2D eigenvalue weighted by Crippen LogP contribution is -2.27. The minimum atomic E-state index is -0.143. The third-order valence-electron chi connectivity index (χ3n) is 3.03. The normalized spacial score (nSPS) is 10.1. The van der Waals surface area contributed by atoms with Gasteiger partial charge < -0.3 is 15.4 Å². The van der Waals surface area contributed by atoms with Gasteiger partial charge in [0, 0.05) is 25.4 Å². The molecule has 1 aromatic heterocycles. The van der Waals surface area contributed by atoms with Crippen molar-refractivity contribution in [2.75, 3.05) is 19.9 Å². The van der Waals surface area contributed by atoms with Crippen LogP contribution in [0.5, 0.6) is 5.75 Å². The van der Waals surface area contributed by atoms with E-state index in [1.807, 2.05) is 24.3 Å². The Morgan fingerprint density at radius 1 is 1.35 bits per heavy atom. The summed E-state index contributed by atoms with van der Waals surface area (Å²) in [6.45, 7) is 0.449. The van der Waals surface area contributed by atoms with E-state index in [0.29, 0.717) is 17.8 Å². The fourth-order valence-corrected chi connectivity index (χ4v) is 1.97. The summed E-state index contributed by atoms with van der Waals surface area (Å²) in [4.78, 5) is 17.8. The fraction of sp³-hybridized carbons (Fsp3) is 0.200. The molecule has 1 heterocycles. The molecule has 0 bridgehead atoms. The number of nitrogens with zero attached hydrogens (tertiary/aromatic N) is 2. The van der Waals surface area contributed by atoms with Crippen LogP contribution in [0.1, 0.15) is 15.9 Å². The molecule has 0 aliphatic rings. The fourth-order valence-electron chi connectivity index (χ4n) is 1.97. The number of carbonyl (C=O) groups is 1. The van der Waals surface area contributed by atoms with Gasteiger partial charge in [-0.25, -0.2) is 0 Å². The van der Waals surface area contributed by atoms with E-state index >= 15 is 0 Å². The maximum Gasteiger partial charge on any atom is 0.256 e. The Hall–Kier alpha value is -2.56. The van der Waals surface area contributed by atoms with Crippen LogP contribution in [-0.4, -0.2) is 29.9 Å². The van der Waals surface area contributed by atoms with Gasteiger partial charge in [0.1, 0.15) is 5.75 Å². The molecule has 5 nitrogen and oxygen atoms in total. The minimum absolute atomic E-state index is 0.143. The molecule has 20 heavy (non-hydrogen) atoms. The Bertz CT molecular complexity index is 614. The van der Waals surface area contributed by atoms with E-state index in [1.165, 1.54) is 6.20 Å². The molecule has 0 radical (unpaired) electrons. The first-order valence-electron chi connectivity index (χ1n) is 6.20. The first-order chi connectivity index (χ1) is 9.63. The molecule has 0 fully saturated rings. The second kappa shape index (κ2) is 6.06. The smallest absolute Gasteiger partial charge is 0.256 e. The van der Waals surface area contributed by atoms with E-state index in [-0.39, 0.29) is 5.91 Å². The Labute approximate surface area is 118 Å². The molecule has 104 valence electrons. The topological polar surface area (TPSA) is 68.5 Å². The molecule has 0 atom stereocenters. The van der Waals surface area contributed by atoms with Gasteiger partial charge in [0.2, 0.25) is 0 Å². The van der Waals surface area contributed by atoms with Crippen LogP contribution in [0.4, 0.5) is 5.69 Å². The average molecular weight is 271 g/mol. The van der Waals surface area contributed by atoms with Gasteiger partial charge in [0.05, 0.1) is 24.6 Å². The number of anilines is 1. The van der Waals surface area contributed by atoms with Crippen molar-refractivity contribution in [3.8, 4) is 5.75 Å². The number of amides is 1. The van der Waals surface area contributed by atoms with Gasteiger partial charge in [0.25, 0.3) is 5.91 Å². The molecule has 5 heteroatoms. The number of nitrogen functional groups attached to an aromatic ring is 1. The number of benzene rings is 1. The van der Waals surface area contributed by atoms with Crippen molar-refractivity contribution < 1.29 is 9.53 Å². The zero-order chi connectivity index (χ0) is 14.5. The molecule has 0 saturated heterocycles. The van der Waals surface area contributed by atoms with E-state index in [4.69, 9.17) is 10.5 Å². The summed E-state index contributed by atoms with van der Waals surface area (Å²) in [6, 6.07) is 9.23. The third-order valence-corrected chi connectivity index (χ3v) is 3.03. The Morgan fingerprint density at radius 3 is 2.80 bits per heavy atom. The van der Waals surface area contributed by atoms with Crippen molar-refractivity contribution in [1.82, 2.24) is 9.88 Å². The van der Waals surface area contributed by atoms with Crippen LogP contribution in [0.3, 0.4) is 0 Å². The molecule has 0 aliphatic heterocycles. The quantitative estimate of drug-likeness (QED) is 0.922. The molecule has 0 aliphatic carbocycles. The van der Waals surface area contributed by atoms with Crippen LogP contribution in [0.25, 0.3) is 0 Å². The number of para-hydroxylation sites is 1. The molecule has 2 rings (SSSR count). The summed E-state index contributed by atoms with van der Waals surface area (Å²) < 4.78 is 5.28. The second-order valence-electron chi connectivity index (χ2n) is 4.44. The monoisotopic (exact) mass is 271 g/mol. The van der Waals surface area contributed by atoms with Crippen LogP contribution in [-0.2, 0) is 6.54 Å². The average Bonchev–Trinajstić information content (AvgIpc) is 2.47. The van der Waals surface area contributed by atoms with Crippen molar-refractivity contribution in [2.45, 2.75) is 6.54 Å². The number of carbonyl (C=O) groups excluding carboxylic acids is 1. The highest BCUT2D eigenvalue weighted by molar-refractivity contribution is 5.98. The summed E-state index contributed by atoms with van der Waals surface area (Å²) in [5.41, 5.74) is 7.55. The van der Waals surface area contributed by atoms with Gasteiger partial charge in [-0.3, -0.25) is 9.78 Å². The van der Waals surface area contributed by atoms with E-state index in [9.17, 15) is 4.79 Å². The van der Waals surface area contributed by atoms with Gasteiger partial charge in [-0.05, 0) is 12.1 Å². The lowest BCUT2D eigenvalue weighted by atomic mass is 10.1. The van der Waals surface area contributed by atoms with Gasteiger partial charge in [0.15, 0.2) is 0 Å². The van der Waals surface area contributed by atoms with Crippen LogP contribution >= 0.6 is 0 Å². The number of hydrogen-bond donors (Lipinski definition) is 1. The molecule has 1 amide bonds. The third kappa shape index (κ3) is 2.88. The van der Waals surface area contributed by atoms with Crippen molar-refractivity contribution in [3.05, 3.63) is 53.9 Å². The number of pyridine rings is 1. The van der Waals surface area contributed by atoms with Gasteiger partial charge >= 0.3 is 0 Å². The first kappa shape index (κ1) is 13.9. The van der Waals surface area contributed by atoms with E-state index in [2.05, 4.69) is 4.98 Å². The van der Waals surface area contributed by atoms with Crippen LogP contribution < -0.4 is 10.5 Å². The van der Waals surface area contributed by atoms with Crippen molar-refractivity contribution in [3.63, 3.8) is 0 Å². The highest BCUT2D eigenvalue weighted by atomic mass is 16.5. The molecule has 0 spiro atoms. The zero-order valence-electron chi connectivity index (χ0n) is 11.5. The summed E-state index contributed by atoms with van der Waals surface area (Å²) >= 11 is 0. The Kier molecular flexibility index (Phi) is 4.20. The number of ether oxygens (including phenoxy) is 1. The van der Waals surface area contributed by atoms with E-state index in [1.54, 1.807) is 31.3 Å². The lowest BCUT2D eigenvalue weighted by molar-refractivity contribution is 0.0785. The minimum Gasteiger partial charge on any atom is -0.496 e. The number of aromatic nitrogens is 1. The maximum absolute atomic E-state index is 12.3. The Morgan fingerprint density at radius 2 is 2.10 bits per heavy atom. The predicted molar refractivity (Wildman–Crippen MR) is 77.4 cm³/mol. The first-order valence-corrected chi connectivity index (χ1v) is 6.20. The summed E-state index contributed by atoms with van der Waals surface area (Å²) in [5, 5.41) is 0. The molecule has 2 N–H and O–H groups in total. The van der Waals surface area contributed by atoms with Crippen molar-refractivity contribution in [1.29, 1.82) is 0 Å². The van der Waals surface area contributed by atoms with Crippen molar-refractivity contribution >= 4 is 11.6 Å². The summed E-state index contributed by atoms with van der Waals surface area (Å²) in [5.74, 6) is 0.616. The van der Waals surface area contributed by atoms with Gasteiger partial charge in [-0.1, -0.05) is 18.2 Å². The highest BCUT2D eigenvalue weighted by Crippen LogP contribution is 2.20. The number of methoxy groups -OCH3 is 1. The maximum atomic E-state index is 12.3. The van der Waals surface area contributed by atoms with E-state index < -0.39 is 0 Å². The standard InChI is InChI=1S/C15H17N3O2/c1-18(10-11-5-3-4-6-14(11)20-2)15(19)12-7-8-17-9-13(12)16/h3-9H,10,16H2,1-2H3. The predicted octanol–water partition coefficient (Wildman–Crippen LogP) is 1.94. The van der Waals surface area contributed by atoms with Crippen LogP contribution in [0.15, 0.2) is 42.7 Å². The SMILES string of the molecule is COc1ccccc1CN(C)C(=O)c1ccncc1N. The molecule has 0 unspecified atom stereocenters. The molecule has 2 aromatic rings. The molecular weight excluding hydrogens is 254 g/mol. The number of nitrogens with two attached hydrogens (primary N) is 1. The lowest BCUT2D eigenvalue weighted by Gasteiger charge is -2.19. The Balaban J connectivity index is 2.18. The molecule has 0 saturated carbocycles. The number of hydrogen-bond acceptors (Lipinski definition) is 4. The summed E-state index contributed by atoms with van der Waals surface area (Å²) in [7, 11) is 3.34. The zero-order valence-corrected chi connectivity index (χ0v) is 11.5. The largest absolute Gasteiger partial charge is 0.496 e.